The van der Waals surface area contributed by atoms with Gasteiger partial charge in [0.25, 0.3) is 0 Å². The highest BCUT2D eigenvalue weighted by molar-refractivity contribution is 5.49. The normalized spacial score (nSPS) is 9.64. The molecule has 0 amide bonds. The number of hydrogen-bond donors (Lipinski definition) is 2. The van der Waals surface area contributed by atoms with Gasteiger partial charge in [0.05, 0.1) is 0 Å². The van der Waals surface area contributed by atoms with E-state index in [4.69, 9.17) is 5.73 Å². The van der Waals surface area contributed by atoms with Crippen molar-refractivity contribution in [2.45, 2.75) is 13.5 Å². The molecule has 0 aromatic carbocycles. The van der Waals surface area contributed by atoms with Crippen LogP contribution in [0.2, 0.25) is 0 Å². The minimum atomic E-state index is 0.538. The molecule has 3 nitrogen and oxygen atoms in total. The molecule has 3 N–H and O–H groups in total. The van der Waals surface area contributed by atoms with E-state index in [0.717, 1.165) is 17.8 Å². The molecule has 0 unspecified atom stereocenters. The summed E-state index contributed by atoms with van der Waals surface area (Å²) in [5.41, 5.74) is 7.65. The van der Waals surface area contributed by atoms with E-state index in [1.165, 1.54) is 0 Å². The van der Waals surface area contributed by atoms with Crippen molar-refractivity contribution in [2.24, 2.45) is 5.73 Å². The highest BCUT2D eigenvalue weighted by Crippen LogP contribution is 2.11. The van der Waals surface area contributed by atoms with Crippen LogP contribution in [0.15, 0.2) is 18.5 Å². The second-order valence-electron chi connectivity index (χ2n) is 2.27. The summed E-state index contributed by atoms with van der Waals surface area (Å²) >= 11 is 0. The predicted molar refractivity (Wildman–Crippen MR) is 46.3 cm³/mol. The van der Waals surface area contributed by atoms with Crippen molar-refractivity contribution >= 4 is 5.69 Å². The van der Waals surface area contributed by atoms with Gasteiger partial charge in [-0.25, -0.2) is 0 Å². The molecule has 0 aliphatic rings. The van der Waals surface area contributed by atoms with Crippen LogP contribution in [0.4, 0.5) is 5.69 Å². The van der Waals surface area contributed by atoms with E-state index in [1.807, 2.05) is 6.07 Å². The van der Waals surface area contributed by atoms with Crippen molar-refractivity contribution in [3.05, 3.63) is 24.0 Å². The Morgan fingerprint density at radius 2 is 2.45 bits per heavy atom. The summed E-state index contributed by atoms with van der Waals surface area (Å²) in [6, 6.07) is 1.94. The number of hydrogen-bond acceptors (Lipinski definition) is 3. The molecule has 3 heteroatoms. The van der Waals surface area contributed by atoms with Crippen molar-refractivity contribution in [1.82, 2.24) is 4.98 Å². The molecule has 0 atom stereocenters. The lowest BCUT2D eigenvalue weighted by Crippen LogP contribution is -2.04. The SMILES string of the molecule is CCNc1ccncc1CN. The molecule has 0 fully saturated rings. The Hall–Kier alpha value is -1.09. The second kappa shape index (κ2) is 3.93. The molecular weight excluding hydrogens is 138 g/mol. The maximum absolute atomic E-state index is 5.50. The minimum absolute atomic E-state index is 0.538. The van der Waals surface area contributed by atoms with E-state index in [1.54, 1.807) is 12.4 Å². The average Bonchev–Trinajstić information content (AvgIpc) is 2.06. The van der Waals surface area contributed by atoms with Crippen molar-refractivity contribution < 1.29 is 0 Å². The van der Waals surface area contributed by atoms with Crippen LogP contribution in [0.1, 0.15) is 12.5 Å². The fraction of sp³-hybridized carbons (Fsp3) is 0.375. The van der Waals surface area contributed by atoms with E-state index in [2.05, 4.69) is 17.2 Å². The topological polar surface area (TPSA) is 50.9 Å². The first kappa shape index (κ1) is 8.01. The van der Waals surface area contributed by atoms with Crippen molar-refractivity contribution in [1.29, 1.82) is 0 Å². The summed E-state index contributed by atoms with van der Waals surface area (Å²) in [5.74, 6) is 0. The van der Waals surface area contributed by atoms with Crippen molar-refractivity contribution in [3.63, 3.8) is 0 Å². The number of pyridine rings is 1. The van der Waals surface area contributed by atoms with Crippen LogP contribution in [-0.2, 0) is 6.54 Å². The maximum atomic E-state index is 5.50. The van der Waals surface area contributed by atoms with Gasteiger partial charge in [-0.15, -0.1) is 0 Å². The van der Waals surface area contributed by atoms with Crippen LogP contribution >= 0.6 is 0 Å². The highest BCUT2D eigenvalue weighted by atomic mass is 14.9. The van der Waals surface area contributed by atoms with Gasteiger partial charge in [-0.05, 0) is 13.0 Å². The quantitative estimate of drug-likeness (QED) is 0.676. The maximum Gasteiger partial charge on any atom is 0.0416 e. The van der Waals surface area contributed by atoms with Crippen LogP contribution in [-0.4, -0.2) is 11.5 Å². The van der Waals surface area contributed by atoms with Gasteiger partial charge in [-0.2, -0.15) is 0 Å². The zero-order valence-electron chi connectivity index (χ0n) is 6.67. The number of aromatic nitrogens is 1. The van der Waals surface area contributed by atoms with Crippen LogP contribution < -0.4 is 11.1 Å². The Kier molecular flexibility index (Phi) is 2.86. The molecule has 1 rings (SSSR count). The number of nitrogens with two attached hydrogens (primary N) is 1. The zero-order chi connectivity index (χ0) is 8.10. The molecule has 0 bridgehead atoms. The van der Waals surface area contributed by atoms with Gasteiger partial charge in [0.1, 0.15) is 0 Å². The monoisotopic (exact) mass is 151 g/mol. The first-order chi connectivity index (χ1) is 5.38. The molecule has 0 saturated carbocycles. The first-order valence-corrected chi connectivity index (χ1v) is 3.75. The van der Waals surface area contributed by atoms with Crippen LogP contribution in [0.3, 0.4) is 0 Å². The van der Waals surface area contributed by atoms with Crippen molar-refractivity contribution in [2.75, 3.05) is 11.9 Å². The van der Waals surface area contributed by atoms with Gasteiger partial charge < -0.3 is 11.1 Å². The number of rotatable bonds is 3. The summed E-state index contributed by atoms with van der Waals surface area (Å²) < 4.78 is 0. The summed E-state index contributed by atoms with van der Waals surface area (Å²) in [6.07, 6.45) is 3.55. The highest BCUT2D eigenvalue weighted by Gasteiger charge is 1.96. The molecule has 11 heavy (non-hydrogen) atoms. The molecule has 0 radical (unpaired) electrons. The molecule has 0 spiro atoms. The van der Waals surface area contributed by atoms with E-state index >= 15 is 0 Å². The third kappa shape index (κ3) is 1.91. The summed E-state index contributed by atoms with van der Waals surface area (Å²) in [5, 5.41) is 3.21. The second-order valence-corrected chi connectivity index (χ2v) is 2.27. The Bertz CT molecular complexity index is 222. The number of nitrogens with one attached hydrogen (secondary N) is 1. The minimum Gasteiger partial charge on any atom is -0.385 e. The summed E-state index contributed by atoms with van der Waals surface area (Å²) in [4.78, 5) is 3.98. The zero-order valence-corrected chi connectivity index (χ0v) is 6.67. The lowest BCUT2D eigenvalue weighted by molar-refractivity contribution is 1.04. The Balaban J connectivity index is 2.83. The lowest BCUT2D eigenvalue weighted by Gasteiger charge is -2.06. The molecular formula is C8H13N3. The fourth-order valence-electron chi connectivity index (χ4n) is 0.953. The molecule has 60 valence electrons. The van der Waals surface area contributed by atoms with E-state index < -0.39 is 0 Å². The lowest BCUT2D eigenvalue weighted by atomic mass is 10.2. The number of nitrogens with zero attached hydrogens (tertiary/aromatic N) is 1. The summed E-state index contributed by atoms with van der Waals surface area (Å²) in [7, 11) is 0. The smallest absolute Gasteiger partial charge is 0.0416 e. The van der Waals surface area contributed by atoms with Crippen LogP contribution in [0, 0.1) is 0 Å². The Morgan fingerprint density at radius 3 is 3.09 bits per heavy atom. The van der Waals surface area contributed by atoms with Gasteiger partial charge in [0, 0.05) is 36.7 Å². The van der Waals surface area contributed by atoms with Gasteiger partial charge in [-0.3, -0.25) is 4.98 Å². The van der Waals surface area contributed by atoms with E-state index in [0.29, 0.717) is 6.54 Å². The van der Waals surface area contributed by atoms with Crippen LogP contribution in [0.25, 0.3) is 0 Å². The van der Waals surface area contributed by atoms with Crippen LogP contribution in [0.5, 0.6) is 0 Å². The van der Waals surface area contributed by atoms with E-state index in [-0.39, 0.29) is 0 Å². The average molecular weight is 151 g/mol. The molecule has 1 heterocycles. The molecule has 0 aliphatic carbocycles. The van der Waals surface area contributed by atoms with Gasteiger partial charge >= 0.3 is 0 Å². The van der Waals surface area contributed by atoms with Gasteiger partial charge in [0.15, 0.2) is 0 Å². The Morgan fingerprint density at radius 1 is 1.64 bits per heavy atom. The molecule has 0 aliphatic heterocycles. The fourth-order valence-corrected chi connectivity index (χ4v) is 0.953. The van der Waals surface area contributed by atoms with Crippen molar-refractivity contribution in [3.8, 4) is 0 Å². The summed E-state index contributed by atoms with van der Waals surface area (Å²) in [6.45, 7) is 3.51. The predicted octanol–water partition coefficient (Wildman–Crippen LogP) is 0.972. The molecule has 1 aromatic rings. The van der Waals surface area contributed by atoms with E-state index in [9.17, 15) is 0 Å². The Labute approximate surface area is 66.6 Å². The molecule has 0 saturated heterocycles. The largest absolute Gasteiger partial charge is 0.385 e. The molecule has 1 aromatic heterocycles. The van der Waals surface area contributed by atoms with Gasteiger partial charge in [-0.1, -0.05) is 0 Å². The third-order valence-corrected chi connectivity index (χ3v) is 1.49. The number of anilines is 1. The first-order valence-electron chi connectivity index (χ1n) is 3.75. The third-order valence-electron chi connectivity index (χ3n) is 1.49. The van der Waals surface area contributed by atoms with Gasteiger partial charge in [0.2, 0.25) is 0 Å². The standard InChI is InChI=1S/C8H13N3/c1-2-11-8-3-4-10-6-7(8)5-9/h3-4,6H,2,5,9H2,1H3,(H,10,11).